The lowest BCUT2D eigenvalue weighted by atomic mass is 9.81. The Morgan fingerprint density at radius 2 is 1.74 bits per heavy atom. The summed E-state index contributed by atoms with van der Waals surface area (Å²) in [6.07, 6.45) is 3.04. The Kier molecular flexibility index (Phi) is 7.05. The monoisotopic (exact) mass is 486 g/mol. The number of alkyl halides is 1. The second-order valence-corrected chi connectivity index (χ2v) is 10.2. The number of benzene rings is 1. The molecule has 4 rings (SSSR count). The molecule has 35 heavy (non-hydrogen) atoms. The number of aromatic nitrogens is 2. The van der Waals surface area contributed by atoms with Crippen molar-refractivity contribution in [2.45, 2.75) is 51.7 Å². The van der Waals surface area contributed by atoms with Crippen molar-refractivity contribution >= 4 is 16.8 Å². The van der Waals surface area contributed by atoms with Gasteiger partial charge in [0.15, 0.2) is 0 Å². The van der Waals surface area contributed by atoms with Crippen LogP contribution in [-0.2, 0) is 11.3 Å². The van der Waals surface area contributed by atoms with Gasteiger partial charge in [-0.25, -0.2) is 9.18 Å². The van der Waals surface area contributed by atoms with Gasteiger partial charge in [0.2, 0.25) is 5.91 Å². The molecule has 1 saturated carbocycles. The molecule has 8 nitrogen and oxygen atoms in total. The zero-order valence-corrected chi connectivity index (χ0v) is 20.8. The highest BCUT2D eigenvalue weighted by Crippen LogP contribution is 2.31. The zero-order chi connectivity index (χ0) is 25.3. The van der Waals surface area contributed by atoms with Crippen LogP contribution in [0.1, 0.15) is 39.5 Å². The van der Waals surface area contributed by atoms with Crippen LogP contribution < -0.4 is 16.0 Å². The number of hydrogen-bond donors (Lipinski definition) is 1. The van der Waals surface area contributed by atoms with Crippen LogP contribution in [0, 0.1) is 11.8 Å². The fourth-order valence-electron chi connectivity index (χ4n) is 5.20. The van der Waals surface area contributed by atoms with Gasteiger partial charge in [0.25, 0.3) is 5.56 Å². The molecule has 1 aromatic carbocycles. The van der Waals surface area contributed by atoms with E-state index >= 15 is 0 Å². The van der Waals surface area contributed by atoms with Gasteiger partial charge >= 0.3 is 5.69 Å². The van der Waals surface area contributed by atoms with E-state index in [1.807, 2.05) is 9.80 Å². The molecule has 1 saturated heterocycles. The van der Waals surface area contributed by atoms with Gasteiger partial charge in [0, 0.05) is 44.3 Å². The highest BCUT2D eigenvalue weighted by Gasteiger charge is 2.33. The van der Waals surface area contributed by atoms with Gasteiger partial charge in [-0.3, -0.25) is 14.2 Å². The Morgan fingerprint density at radius 3 is 2.34 bits per heavy atom. The molecule has 1 amide bonds. The van der Waals surface area contributed by atoms with E-state index in [1.54, 1.807) is 18.2 Å². The number of ether oxygens (including phenoxy) is 1. The van der Waals surface area contributed by atoms with Crippen LogP contribution in [0.15, 0.2) is 40.1 Å². The van der Waals surface area contributed by atoms with Crippen molar-refractivity contribution in [3.8, 4) is 5.75 Å². The first-order valence-electron chi connectivity index (χ1n) is 12.3. The number of H-pyrrole nitrogens is 1. The molecule has 0 spiro atoms. The van der Waals surface area contributed by atoms with Crippen LogP contribution >= 0.6 is 0 Å². The molecular formula is C26H35FN4O4. The highest BCUT2D eigenvalue weighted by molar-refractivity contribution is 5.79. The van der Waals surface area contributed by atoms with Crippen molar-refractivity contribution in [3.05, 3.63) is 51.3 Å². The quantitative estimate of drug-likeness (QED) is 0.679. The first-order valence-corrected chi connectivity index (χ1v) is 12.3. The van der Waals surface area contributed by atoms with E-state index in [9.17, 15) is 18.8 Å². The number of rotatable bonds is 6. The molecule has 2 aromatic rings. The number of piperazine rings is 1. The second kappa shape index (κ2) is 9.87. The summed E-state index contributed by atoms with van der Waals surface area (Å²) in [6, 6.07) is 5.02. The maximum Gasteiger partial charge on any atom is 0.328 e. The number of halogens is 1. The Labute approximate surface area is 204 Å². The van der Waals surface area contributed by atoms with Crippen LogP contribution in [0.5, 0.6) is 5.75 Å². The molecule has 0 bridgehead atoms. The van der Waals surface area contributed by atoms with Crippen LogP contribution in [0.3, 0.4) is 0 Å². The fourth-order valence-corrected chi connectivity index (χ4v) is 5.20. The SMILES string of the molecule is C=C(N1CCN(C(=O)C2CCC(Cn3c(=O)[nH]c4ccc(OC)cc4c3=O)CC2)CC1)C(C)(C)F. The summed E-state index contributed by atoms with van der Waals surface area (Å²) in [6.45, 7) is 9.54. The number of fused-ring (bicyclic) bond motifs is 1. The van der Waals surface area contributed by atoms with Gasteiger partial charge < -0.3 is 19.5 Å². The van der Waals surface area contributed by atoms with Gasteiger partial charge in [0.05, 0.1) is 18.0 Å². The Morgan fingerprint density at radius 1 is 1.11 bits per heavy atom. The number of amides is 1. The van der Waals surface area contributed by atoms with E-state index < -0.39 is 11.4 Å². The Hall–Kier alpha value is -3.10. The number of nitrogens with one attached hydrogen (secondary N) is 1. The number of allylic oxidation sites excluding steroid dienone is 1. The smallest absolute Gasteiger partial charge is 0.328 e. The number of hydrogen-bond acceptors (Lipinski definition) is 5. The lowest BCUT2D eigenvalue weighted by molar-refractivity contribution is -0.138. The molecule has 2 aliphatic rings. The predicted molar refractivity (Wildman–Crippen MR) is 133 cm³/mol. The average molecular weight is 487 g/mol. The number of carbonyl (C=O) groups excluding carboxylic acids is 1. The maximum atomic E-state index is 14.2. The first-order chi connectivity index (χ1) is 16.6. The van der Waals surface area contributed by atoms with E-state index in [0.29, 0.717) is 55.1 Å². The van der Waals surface area contributed by atoms with Crippen LogP contribution in [0.2, 0.25) is 0 Å². The van der Waals surface area contributed by atoms with E-state index in [-0.39, 0.29) is 23.3 Å². The fraction of sp³-hybridized carbons (Fsp3) is 0.577. The van der Waals surface area contributed by atoms with Gasteiger partial charge in [-0.2, -0.15) is 0 Å². The third-order valence-corrected chi connectivity index (χ3v) is 7.49. The van der Waals surface area contributed by atoms with E-state index in [4.69, 9.17) is 4.74 Å². The molecular weight excluding hydrogens is 451 g/mol. The molecule has 1 aliphatic heterocycles. The Balaban J connectivity index is 1.34. The van der Waals surface area contributed by atoms with Crippen LogP contribution in [-0.4, -0.2) is 64.2 Å². The molecule has 0 atom stereocenters. The molecule has 1 N–H and O–H groups in total. The third kappa shape index (κ3) is 5.28. The van der Waals surface area contributed by atoms with Crippen LogP contribution in [0.25, 0.3) is 10.9 Å². The lowest BCUT2D eigenvalue weighted by Crippen LogP contribution is -2.51. The topological polar surface area (TPSA) is 87.6 Å². The lowest BCUT2D eigenvalue weighted by Gasteiger charge is -2.41. The van der Waals surface area contributed by atoms with Crippen molar-refractivity contribution in [1.82, 2.24) is 19.4 Å². The molecule has 0 radical (unpaired) electrons. The molecule has 2 heterocycles. The zero-order valence-electron chi connectivity index (χ0n) is 20.8. The summed E-state index contributed by atoms with van der Waals surface area (Å²) >= 11 is 0. The highest BCUT2D eigenvalue weighted by atomic mass is 19.1. The van der Waals surface area contributed by atoms with Crippen molar-refractivity contribution in [1.29, 1.82) is 0 Å². The average Bonchev–Trinajstić information content (AvgIpc) is 2.85. The number of carbonyl (C=O) groups is 1. The minimum Gasteiger partial charge on any atom is -0.497 e. The summed E-state index contributed by atoms with van der Waals surface area (Å²) in [5.41, 5.74) is -1.25. The summed E-state index contributed by atoms with van der Waals surface area (Å²) in [5.74, 6) is 0.828. The largest absolute Gasteiger partial charge is 0.497 e. The van der Waals surface area contributed by atoms with Crippen molar-refractivity contribution in [3.63, 3.8) is 0 Å². The number of nitrogens with zero attached hydrogens (tertiary/aromatic N) is 3. The molecule has 190 valence electrons. The molecule has 9 heteroatoms. The second-order valence-electron chi connectivity index (χ2n) is 10.2. The molecule has 1 aliphatic carbocycles. The van der Waals surface area contributed by atoms with Crippen molar-refractivity contribution in [2.75, 3.05) is 33.3 Å². The van der Waals surface area contributed by atoms with Gasteiger partial charge in [-0.15, -0.1) is 0 Å². The van der Waals surface area contributed by atoms with Gasteiger partial charge in [-0.1, -0.05) is 6.58 Å². The minimum absolute atomic E-state index is 0.0468. The number of aromatic amines is 1. The van der Waals surface area contributed by atoms with Crippen molar-refractivity contribution < 1.29 is 13.9 Å². The van der Waals surface area contributed by atoms with Crippen molar-refractivity contribution in [2.24, 2.45) is 11.8 Å². The molecule has 2 fully saturated rings. The van der Waals surface area contributed by atoms with E-state index in [0.717, 1.165) is 25.7 Å². The van der Waals surface area contributed by atoms with E-state index in [2.05, 4.69) is 11.6 Å². The van der Waals surface area contributed by atoms with Gasteiger partial charge in [-0.05, 0) is 63.6 Å². The minimum atomic E-state index is -1.47. The normalized spacial score (nSPS) is 21.3. The number of methoxy groups -OCH3 is 1. The van der Waals surface area contributed by atoms with Crippen LogP contribution in [0.4, 0.5) is 4.39 Å². The third-order valence-electron chi connectivity index (χ3n) is 7.49. The summed E-state index contributed by atoms with van der Waals surface area (Å²) < 4.78 is 20.7. The standard InChI is InChI=1S/C26H35FN4O4/c1-17(26(2,3)27)29-11-13-30(14-12-29)23(32)19-7-5-18(6-8-19)16-31-24(33)21-15-20(35-4)9-10-22(21)28-25(31)34/h9-10,15,18-19H,1,5-8,11-14,16H2,2-4H3,(H,28,34). The summed E-state index contributed by atoms with van der Waals surface area (Å²) in [7, 11) is 1.53. The van der Waals surface area contributed by atoms with E-state index in [1.165, 1.54) is 25.5 Å². The predicted octanol–water partition coefficient (Wildman–Crippen LogP) is 2.91. The summed E-state index contributed by atoms with van der Waals surface area (Å²) in [5, 5.41) is 0.422. The maximum absolute atomic E-state index is 14.2. The summed E-state index contributed by atoms with van der Waals surface area (Å²) in [4.78, 5) is 45.3. The first kappa shape index (κ1) is 25.0. The Bertz CT molecular complexity index is 1210. The molecule has 0 unspecified atom stereocenters. The molecule has 1 aromatic heterocycles. The van der Waals surface area contributed by atoms with Gasteiger partial charge in [0.1, 0.15) is 11.4 Å².